The highest BCUT2D eigenvalue weighted by Gasteiger charge is 2.16. The zero-order chi connectivity index (χ0) is 11.3. The van der Waals surface area contributed by atoms with Crippen molar-refractivity contribution < 1.29 is 9.90 Å². The number of H-pyrrole nitrogens is 1. The van der Waals surface area contributed by atoms with E-state index in [4.69, 9.17) is 5.11 Å². The average Bonchev–Trinajstić information content (AvgIpc) is 2.17. The summed E-state index contributed by atoms with van der Waals surface area (Å²) in [4.78, 5) is 27.9. The smallest absolute Gasteiger partial charge is 0.326 e. The Bertz CT molecular complexity index is 388. The van der Waals surface area contributed by atoms with Crippen molar-refractivity contribution in [1.29, 1.82) is 0 Å². The van der Waals surface area contributed by atoms with Crippen LogP contribution in [-0.2, 0) is 4.79 Å². The number of carboxylic acid groups (broad SMARTS) is 1. The monoisotopic (exact) mass is 211 g/mol. The minimum absolute atomic E-state index is 0.277. The number of aromatic amines is 1. The van der Waals surface area contributed by atoms with E-state index in [-0.39, 0.29) is 11.4 Å². The minimum atomic E-state index is -0.945. The van der Waals surface area contributed by atoms with Gasteiger partial charge in [0.05, 0.1) is 6.33 Å². The molecule has 0 radical (unpaired) electrons. The predicted molar refractivity (Wildman–Crippen MR) is 54.8 cm³/mol. The van der Waals surface area contributed by atoms with E-state index >= 15 is 0 Å². The summed E-state index contributed by atoms with van der Waals surface area (Å²) >= 11 is 0. The van der Waals surface area contributed by atoms with Crippen molar-refractivity contribution in [3.05, 3.63) is 22.7 Å². The highest BCUT2D eigenvalue weighted by molar-refractivity contribution is 5.76. The Morgan fingerprint density at radius 1 is 1.73 bits per heavy atom. The third kappa shape index (κ3) is 3.41. The summed E-state index contributed by atoms with van der Waals surface area (Å²) in [7, 11) is 0. The van der Waals surface area contributed by atoms with Gasteiger partial charge < -0.3 is 15.4 Å². The maximum absolute atomic E-state index is 10.9. The first-order valence-electron chi connectivity index (χ1n) is 4.67. The number of nitrogens with one attached hydrogen (secondary N) is 2. The van der Waals surface area contributed by atoms with Crippen molar-refractivity contribution in [1.82, 2.24) is 9.97 Å². The van der Waals surface area contributed by atoms with E-state index in [2.05, 4.69) is 15.3 Å². The SMILES string of the molecule is CCCC(Nc1cc(=O)[nH]cn1)C(=O)O. The first kappa shape index (κ1) is 11.2. The molecule has 0 aliphatic heterocycles. The van der Waals surface area contributed by atoms with Gasteiger partial charge in [0.2, 0.25) is 0 Å². The number of carboxylic acids is 1. The Morgan fingerprint density at radius 3 is 3.00 bits per heavy atom. The fraction of sp³-hybridized carbons (Fsp3) is 0.444. The van der Waals surface area contributed by atoms with Crippen molar-refractivity contribution in [2.75, 3.05) is 5.32 Å². The van der Waals surface area contributed by atoms with Gasteiger partial charge in [0.25, 0.3) is 5.56 Å². The number of hydrogen-bond donors (Lipinski definition) is 3. The summed E-state index contributed by atoms with van der Waals surface area (Å²) in [6, 6.07) is 0.523. The van der Waals surface area contributed by atoms with Gasteiger partial charge in [-0.25, -0.2) is 9.78 Å². The van der Waals surface area contributed by atoms with Gasteiger partial charge in [-0.15, -0.1) is 0 Å². The summed E-state index contributed by atoms with van der Waals surface area (Å²) in [5.41, 5.74) is -0.312. The molecule has 1 unspecified atom stereocenters. The molecule has 1 rings (SSSR count). The Hall–Kier alpha value is -1.85. The van der Waals surface area contributed by atoms with Gasteiger partial charge in [-0.2, -0.15) is 0 Å². The molecule has 0 aliphatic rings. The maximum atomic E-state index is 10.9. The van der Waals surface area contributed by atoms with Crippen molar-refractivity contribution in [2.24, 2.45) is 0 Å². The lowest BCUT2D eigenvalue weighted by Gasteiger charge is -2.13. The predicted octanol–water partition coefficient (Wildman–Crippen LogP) is 0.435. The molecule has 0 saturated carbocycles. The molecule has 0 aliphatic carbocycles. The van der Waals surface area contributed by atoms with Crippen LogP contribution >= 0.6 is 0 Å². The van der Waals surface area contributed by atoms with Crippen LogP contribution in [0.25, 0.3) is 0 Å². The molecule has 1 atom stereocenters. The van der Waals surface area contributed by atoms with Crippen LogP contribution in [0.5, 0.6) is 0 Å². The van der Waals surface area contributed by atoms with E-state index in [9.17, 15) is 9.59 Å². The van der Waals surface area contributed by atoms with Crippen molar-refractivity contribution in [2.45, 2.75) is 25.8 Å². The topological polar surface area (TPSA) is 95.1 Å². The van der Waals surface area contributed by atoms with Gasteiger partial charge in [0.15, 0.2) is 0 Å². The molecule has 15 heavy (non-hydrogen) atoms. The highest BCUT2D eigenvalue weighted by Crippen LogP contribution is 2.05. The van der Waals surface area contributed by atoms with Crippen LogP contribution in [-0.4, -0.2) is 27.1 Å². The molecule has 1 aromatic rings. The van der Waals surface area contributed by atoms with E-state index in [0.29, 0.717) is 6.42 Å². The van der Waals surface area contributed by atoms with Gasteiger partial charge in [0.1, 0.15) is 11.9 Å². The number of aromatic nitrogens is 2. The summed E-state index contributed by atoms with van der Waals surface area (Å²) in [6.45, 7) is 1.89. The summed E-state index contributed by atoms with van der Waals surface area (Å²) in [6.07, 6.45) is 2.46. The summed E-state index contributed by atoms with van der Waals surface area (Å²) in [5, 5.41) is 11.5. The molecule has 1 aromatic heterocycles. The first-order chi connectivity index (χ1) is 7.13. The molecule has 1 heterocycles. The lowest BCUT2D eigenvalue weighted by atomic mass is 10.2. The molecule has 3 N–H and O–H groups in total. The standard InChI is InChI=1S/C9H13N3O3/c1-2-3-6(9(14)15)12-7-4-8(13)11-5-10-7/h4-6H,2-3H2,1H3,(H,14,15)(H2,10,11,12,13). The Morgan fingerprint density at radius 2 is 2.47 bits per heavy atom. The van der Waals surface area contributed by atoms with E-state index in [0.717, 1.165) is 6.42 Å². The zero-order valence-electron chi connectivity index (χ0n) is 8.36. The van der Waals surface area contributed by atoms with E-state index in [1.54, 1.807) is 0 Å². The van der Waals surface area contributed by atoms with Crippen LogP contribution < -0.4 is 10.9 Å². The highest BCUT2D eigenvalue weighted by atomic mass is 16.4. The third-order valence-electron chi connectivity index (χ3n) is 1.88. The van der Waals surface area contributed by atoms with E-state index in [1.807, 2.05) is 6.92 Å². The second-order valence-corrected chi connectivity index (χ2v) is 3.12. The van der Waals surface area contributed by atoms with E-state index < -0.39 is 12.0 Å². The van der Waals surface area contributed by atoms with E-state index in [1.165, 1.54) is 12.4 Å². The fourth-order valence-electron chi connectivity index (χ4n) is 1.17. The molecule has 0 saturated heterocycles. The molecule has 0 amide bonds. The average molecular weight is 211 g/mol. The van der Waals surface area contributed by atoms with Crippen LogP contribution in [0.3, 0.4) is 0 Å². The number of carbonyl (C=O) groups is 1. The van der Waals surface area contributed by atoms with Crippen LogP contribution in [0.4, 0.5) is 5.82 Å². The number of anilines is 1. The lowest BCUT2D eigenvalue weighted by Crippen LogP contribution is -2.29. The minimum Gasteiger partial charge on any atom is -0.480 e. The molecule has 6 nitrogen and oxygen atoms in total. The maximum Gasteiger partial charge on any atom is 0.326 e. The van der Waals surface area contributed by atoms with Crippen LogP contribution in [0.2, 0.25) is 0 Å². The quantitative estimate of drug-likeness (QED) is 0.656. The first-order valence-corrected chi connectivity index (χ1v) is 4.67. The normalized spacial score (nSPS) is 12.1. The number of nitrogens with zero attached hydrogens (tertiary/aromatic N) is 1. The van der Waals surface area contributed by atoms with Gasteiger partial charge in [-0.3, -0.25) is 4.79 Å². The van der Waals surface area contributed by atoms with Crippen molar-refractivity contribution >= 4 is 11.8 Å². The second-order valence-electron chi connectivity index (χ2n) is 3.12. The van der Waals surface area contributed by atoms with Crippen molar-refractivity contribution in [3.8, 4) is 0 Å². The van der Waals surface area contributed by atoms with Crippen LogP contribution in [0.15, 0.2) is 17.2 Å². The molecule has 6 heteroatoms. The summed E-state index contributed by atoms with van der Waals surface area (Å²) in [5.74, 6) is -0.668. The third-order valence-corrected chi connectivity index (χ3v) is 1.88. The molecule has 0 aromatic carbocycles. The van der Waals surface area contributed by atoms with Gasteiger partial charge in [0, 0.05) is 6.07 Å². The van der Waals surface area contributed by atoms with Gasteiger partial charge in [-0.1, -0.05) is 13.3 Å². The van der Waals surface area contributed by atoms with Crippen LogP contribution in [0, 0.1) is 0 Å². The van der Waals surface area contributed by atoms with Gasteiger partial charge in [-0.05, 0) is 6.42 Å². The Labute approximate surface area is 86.4 Å². The van der Waals surface area contributed by atoms with Crippen molar-refractivity contribution in [3.63, 3.8) is 0 Å². The molecular formula is C9H13N3O3. The number of rotatable bonds is 5. The van der Waals surface area contributed by atoms with Crippen LogP contribution in [0.1, 0.15) is 19.8 Å². The zero-order valence-corrected chi connectivity index (χ0v) is 8.36. The fourth-order valence-corrected chi connectivity index (χ4v) is 1.17. The van der Waals surface area contributed by atoms with Gasteiger partial charge >= 0.3 is 5.97 Å². The molecule has 0 fully saturated rings. The molecule has 0 bridgehead atoms. The largest absolute Gasteiger partial charge is 0.480 e. The lowest BCUT2D eigenvalue weighted by molar-refractivity contribution is -0.138. The Kier molecular flexibility index (Phi) is 3.84. The second kappa shape index (κ2) is 5.14. The molecular weight excluding hydrogens is 198 g/mol. The summed E-state index contributed by atoms with van der Waals surface area (Å²) < 4.78 is 0. The number of aliphatic carboxylic acids is 1. The number of hydrogen-bond acceptors (Lipinski definition) is 4. The molecule has 0 spiro atoms. The Balaban J connectivity index is 2.73. The molecule has 82 valence electrons.